The first kappa shape index (κ1) is 21.9. The van der Waals surface area contributed by atoms with Gasteiger partial charge in [0.2, 0.25) is 5.13 Å². The first-order valence-electron chi connectivity index (χ1n) is 10.6. The van der Waals surface area contributed by atoms with E-state index in [0.717, 1.165) is 22.5 Å². The van der Waals surface area contributed by atoms with Crippen LogP contribution in [0, 0.1) is 5.92 Å². The Balaban J connectivity index is 1.48. The van der Waals surface area contributed by atoms with E-state index in [1.165, 1.54) is 0 Å². The van der Waals surface area contributed by atoms with Crippen LogP contribution in [0.2, 0.25) is 0 Å². The predicted molar refractivity (Wildman–Crippen MR) is 122 cm³/mol. The maximum absolute atomic E-state index is 14.4. The molecule has 2 aromatic carbocycles. The monoisotopic (exact) mass is 473 g/mol. The summed E-state index contributed by atoms with van der Waals surface area (Å²) in [6.07, 6.45) is -3.65. The number of ether oxygens (including phenoxy) is 1. The lowest BCUT2D eigenvalue weighted by atomic mass is 9.73. The number of hydrogen-bond donors (Lipinski definition) is 1. The summed E-state index contributed by atoms with van der Waals surface area (Å²) < 4.78 is 48.3. The molecular weight excluding hydrogens is 451 g/mol. The second kappa shape index (κ2) is 8.14. The molecule has 172 valence electrons. The number of alkyl halides is 3. The Bertz CT molecular complexity index is 1160. The molecule has 5 rings (SSSR count). The average Bonchev–Trinajstić information content (AvgIpc) is 3.43. The Labute approximate surface area is 193 Å². The van der Waals surface area contributed by atoms with Crippen LogP contribution >= 0.6 is 11.3 Å². The normalized spacial score (nSPS) is 25.0. The van der Waals surface area contributed by atoms with Crippen LogP contribution < -0.4 is 9.75 Å². The van der Waals surface area contributed by atoms with Crippen LogP contribution in [0.5, 0.6) is 5.75 Å². The van der Waals surface area contributed by atoms with Crippen LogP contribution in [0.3, 0.4) is 0 Å². The van der Waals surface area contributed by atoms with Gasteiger partial charge in [-0.15, -0.1) is 11.3 Å². The molecule has 3 atom stereocenters. The Morgan fingerprint density at radius 3 is 2.52 bits per heavy atom. The van der Waals surface area contributed by atoms with E-state index >= 15 is 0 Å². The lowest BCUT2D eigenvalue weighted by molar-refractivity contribution is -0.269. The highest BCUT2D eigenvalue weighted by Gasteiger charge is 2.68. The van der Waals surface area contributed by atoms with E-state index in [0.29, 0.717) is 35.0 Å². The molecular formula is C24H22F3N3O2S. The molecule has 9 heteroatoms. The summed E-state index contributed by atoms with van der Waals surface area (Å²) in [5, 5.41) is 17.8. The summed E-state index contributed by atoms with van der Waals surface area (Å²) >= 11 is 1.03. The van der Waals surface area contributed by atoms with E-state index < -0.39 is 17.8 Å². The Morgan fingerprint density at radius 2 is 1.85 bits per heavy atom. The summed E-state index contributed by atoms with van der Waals surface area (Å²) in [7, 11) is 1.56. The summed E-state index contributed by atoms with van der Waals surface area (Å²) in [6, 6.07) is 16.6. The van der Waals surface area contributed by atoms with E-state index in [1.807, 2.05) is 30.3 Å². The molecule has 2 aliphatic rings. The third-order valence-corrected chi connectivity index (χ3v) is 7.27. The van der Waals surface area contributed by atoms with Crippen molar-refractivity contribution in [2.75, 3.05) is 12.1 Å². The van der Waals surface area contributed by atoms with Gasteiger partial charge in [-0.2, -0.15) is 23.3 Å². The van der Waals surface area contributed by atoms with Crippen molar-refractivity contribution in [3.8, 4) is 17.0 Å². The van der Waals surface area contributed by atoms with Crippen molar-refractivity contribution < 1.29 is 23.0 Å². The van der Waals surface area contributed by atoms with Crippen LogP contribution in [-0.2, 0) is 0 Å². The molecule has 1 aromatic heterocycles. The van der Waals surface area contributed by atoms with Crippen molar-refractivity contribution in [3.05, 3.63) is 65.5 Å². The van der Waals surface area contributed by atoms with Gasteiger partial charge in [0, 0.05) is 16.7 Å². The van der Waals surface area contributed by atoms with Crippen molar-refractivity contribution in [1.29, 1.82) is 0 Å². The van der Waals surface area contributed by atoms with Gasteiger partial charge in [0.1, 0.15) is 5.75 Å². The molecule has 0 amide bonds. The van der Waals surface area contributed by atoms with Crippen molar-refractivity contribution in [3.63, 3.8) is 0 Å². The fraction of sp³-hybridized carbons (Fsp3) is 0.333. The van der Waals surface area contributed by atoms with Gasteiger partial charge < -0.3 is 9.84 Å². The lowest BCUT2D eigenvalue weighted by Gasteiger charge is -2.39. The number of halogens is 3. The van der Waals surface area contributed by atoms with Gasteiger partial charge in [-0.3, -0.25) is 0 Å². The minimum atomic E-state index is -4.91. The Hall–Kier alpha value is -2.91. The van der Waals surface area contributed by atoms with Gasteiger partial charge in [0.25, 0.3) is 5.72 Å². The molecule has 1 saturated carbocycles. The molecule has 0 saturated heterocycles. The van der Waals surface area contributed by atoms with Crippen molar-refractivity contribution in [2.24, 2.45) is 11.0 Å². The highest BCUT2D eigenvalue weighted by Crippen LogP contribution is 2.52. The van der Waals surface area contributed by atoms with Gasteiger partial charge >= 0.3 is 6.18 Å². The molecule has 1 fully saturated rings. The molecule has 5 nitrogen and oxygen atoms in total. The van der Waals surface area contributed by atoms with Crippen molar-refractivity contribution in [1.82, 2.24) is 4.98 Å². The number of anilines is 1. The van der Waals surface area contributed by atoms with Crippen LogP contribution in [0.4, 0.5) is 18.3 Å². The summed E-state index contributed by atoms with van der Waals surface area (Å²) in [4.78, 5) is 4.40. The van der Waals surface area contributed by atoms with E-state index in [1.54, 1.807) is 36.8 Å². The minimum absolute atomic E-state index is 0.0128. The number of aromatic nitrogens is 1. The minimum Gasteiger partial charge on any atom is -0.497 e. The zero-order valence-electron chi connectivity index (χ0n) is 17.8. The number of nitrogens with zero attached hydrogens (tertiary/aromatic N) is 3. The second-order valence-corrected chi connectivity index (χ2v) is 9.14. The predicted octanol–water partition coefficient (Wildman–Crippen LogP) is 5.83. The molecule has 3 aromatic rings. The third kappa shape index (κ3) is 3.69. The van der Waals surface area contributed by atoms with Crippen LogP contribution in [0.1, 0.15) is 30.7 Å². The largest absolute Gasteiger partial charge is 0.497 e. The molecule has 1 N–H and O–H groups in total. The molecule has 1 aliphatic heterocycles. The molecule has 0 radical (unpaired) electrons. The van der Waals surface area contributed by atoms with Crippen LogP contribution in [0.25, 0.3) is 11.3 Å². The van der Waals surface area contributed by atoms with Gasteiger partial charge in [-0.25, -0.2) is 4.98 Å². The Morgan fingerprint density at radius 1 is 1.12 bits per heavy atom. The number of methoxy groups -OCH3 is 1. The highest BCUT2D eigenvalue weighted by atomic mass is 32.1. The first-order chi connectivity index (χ1) is 15.8. The molecule has 33 heavy (non-hydrogen) atoms. The first-order valence-corrected chi connectivity index (χ1v) is 11.5. The Kier molecular flexibility index (Phi) is 5.41. The van der Waals surface area contributed by atoms with Crippen molar-refractivity contribution in [2.45, 2.75) is 37.1 Å². The average molecular weight is 474 g/mol. The number of benzene rings is 2. The summed E-state index contributed by atoms with van der Waals surface area (Å²) in [5.74, 6) is -0.552. The maximum atomic E-state index is 14.4. The fourth-order valence-electron chi connectivity index (χ4n) is 4.69. The summed E-state index contributed by atoms with van der Waals surface area (Å²) in [6.45, 7) is 0. The van der Waals surface area contributed by atoms with E-state index in [2.05, 4.69) is 10.1 Å². The highest BCUT2D eigenvalue weighted by molar-refractivity contribution is 7.14. The molecule has 0 spiro atoms. The van der Waals surface area contributed by atoms with E-state index in [4.69, 9.17) is 4.74 Å². The van der Waals surface area contributed by atoms with Crippen LogP contribution in [0.15, 0.2) is 65.1 Å². The fourth-order valence-corrected chi connectivity index (χ4v) is 5.53. The smallest absolute Gasteiger partial charge is 0.439 e. The third-order valence-electron chi connectivity index (χ3n) is 6.46. The topological polar surface area (TPSA) is 58.0 Å². The molecule has 1 aliphatic carbocycles. The van der Waals surface area contributed by atoms with Gasteiger partial charge in [0.15, 0.2) is 0 Å². The van der Waals surface area contributed by atoms with Crippen molar-refractivity contribution >= 4 is 22.2 Å². The van der Waals surface area contributed by atoms with Gasteiger partial charge in [0.05, 0.1) is 18.7 Å². The standard InChI is InChI=1S/C24H22F3N3O2S/c1-32-18-10-7-16(8-11-18)21-14-33-22(28-21)30-23(31,24(25,26)27)19-13-17(9-12-20(19)29-30)15-5-3-2-4-6-15/h2-8,10-11,14,17,19,31H,9,12-13H2,1H3/t17-,19-,23+/m1/s1. The molecule has 2 heterocycles. The number of fused-ring (bicyclic) bond motifs is 1. The zero-order chi connectivity index (χ0) is 23.2. The van der Waals surface area contributed by atoms with E-state index in [9.17, 15) is 18.3 Å². The van der Waals surface area contributed by atoms with E-state index in [-0.39, 0.29) is 17.5 Å². The van der Waals surface area contributed by atoms with Crippen LogP contribution in [-0.4, -0.2) is 34.8 Å². The number of hydrazone groups is 1. The number of hydrogen-bond acceptors (Lipinski definition) is 6. The van der Waals surface area contributed by atoms with Gasteiger partial charge in [-0.1, -0.05) is 30.3 Å². The summed E-state index contributed by atoms with van der Waals surface area (Å²) in [5.41, 5.74) is -0.523. The zero-order valence-corrected chi connectivity index (χ0v) is 18.6. The second-order valence-electron chi connectivity index (χ2n) is 8.31. The number of thiazole rings is 1. The molecule has 0 unspecified atom stereocenters. The molecule has 0 bridgehead atoms. The quantitative estimate of drug-likeness (QED) is 0.518. The number of rotatable bonds is 4. The number of aliphatic hydroxyl groups is 1. The maximum Gasteiger partial charge on any atom is 0.439 e. The lowest BCUT2D eigenvalue weighted by Crippen LogP contribution is -2.60. The SMILES string of the molecule is COc1ccc(-c2csc(N3N=C4CC[C@@H](c5ccccc5)C[C@H]4[C@]3(O)C(F)(F)F)n2)cc1. The van der Waals surface area contributed by atoms with Gasteiger partial charge in [-0.05, 0) is 55.0 Å².